The van der Waals surface area contributed by atoms with Crippen LogP contribution in [0.4, 0.5) is 0 Å². The van der Waals surface area contributed by atoms with Crippen LogP contribution in [0, 0.1) is 5.92 Å². The van der Waals surface area contributed by atoms with Crippen LogP contribution >= 0.6 is 0 Å². The normalized spacial score (nSPS) is 23.6. The van der Waals surface area contributed by atoms with Crippen LogP contribution in [0.25, 0.3) is 0 Å². The molecule has 0 aromatic carbocycles. The van der Waals surface area contributed by atoms with Crippen molar-refractivity contribution in [3.63, 3.8) is 0 Å². The summed E-state index contributed by atoms with van der Waals surface area (Å²) in [5.74, 6) is 0.334. The quantitative estimate of drug-likeness (QED) is 0.619. The van der Waals surface area contributed by atoms with E-state index in [4.69, 9.17) is 9.47 Å². The van der Waals surface area contributed by atoms with Crippen molar-refractivity contribution in [2.75, 3.05) is 40.0 Å². The molecule has 6 nitrogen and oxygen atoms in total. The number of amides is 2. The lowest BCUT2D eigenvalue weighted by Gasteiger charge is -2.32. The van der Waals surface area contributed by atoms with Crippen LogP contribution in [0.5, 0.6) is 0 Å². The Morgan fingerprint density at radius 1 is 1.26 bits per heavy atom. The third kappa shape index (κ3) is 4.18. The lowest BCUT2D eigenvalue weighted by atomic mass is 10.1. The smallest absolute Gasteiger partial charge is 0.245 e. The topological polar surface area (TPSA) is 67.9 Å². The Morgan fingerprint density at radius 3 is 2.74 bits per heavy atom. The molecule has 1 aliphatic heterocycles. The highest BCUT2D eigenvalue weighted by Gasteiger charge is 2.42. The molecule has 1 N–H and O–H groups in total. The van der Waals surface area contributed by atoms with E-state index in [-0.39, 0.29) is 24.4 Å². The summed E-state index contributed by atoms with van der Waals surface area (Å²) in [6.45, 7) is 2.41. The molecule has 0 aromatic heterocycles. The molecule has 0 bridgehead atoms. The van der Waals surface area contributed by atoms with Gasteiger partial charge in [0.25, 0.3) is 0 Å². The van der Waals surface area contributed by atoms with Gasteiger partial charge in [0.1, 0.15) is 6.04 Å². The monoisotopic (exact) mass is 270 g/mol. The van der Waals surface area contributed by atoms with Crippen LogP contribution in [0.3, 0.4) is 0 Å². The molecule has 2 aliphatic rings. The first-order valence-corrected chi connectivity index (χ1v) is 6.87. The number of hydrogen-bond donors (Lipinski definition) is 1. The molecule has 0 aromatic rings. The van der Waals surface area contributed by atoms with Crippen molar-refractivity contribution in [2.24, 2.45) is 5.92 Å². The molecule has 108 valence electrons. The fourth-order valence-electron chi connectivity index (χ4n) is 2.25. The fourth-order valence-corrected chi connectivity index (χ4v) is 2.25. The van der Waals surface area contributed by atoms with Gasteiger partial charge in [0, 0.05) is 26.9 Å². The summed E-state index contributed by atoms with van der Waals surface area (Å²) >= 11 is 0. The zero-order valence-corrected chi connectivity index (χ0v) is 11.4. The molecule has 2 rings (SSSR count). The number of piperazine rings is 1. The Labute approximate surface area is 113 Å². The van der Waals surface area contributed by atoms with E-state index in [0.717, 1.165) is 19.3 Å². The largest absolute Gasteiger partial charge is 0.385 e. The lowest BCUT2D eigenvalue weighted by molar-refractivity contribution is -0.145. The molecule has 1 atom stereocenters. The Morgan fingerprint density at radius 2 is 2.05 bits per heavy atom. The van der Waals surface area contributed by atoms with E-state index in [9.17, 15) is 9.59 Å². The first kappa shape index (κ1) is 14.3. The summed E-state index contributed by atoms with van der Waals surface area (Å²) in [6.07, 6.45) is 2.92. The summed E-state index contributed by atoms with van der Waals surface area (Å²) < 4.78 is 10.3. The number of carbonyl (C=O) groups is 2. The second kappa shape index (κ2) is 6.86. The van der Waals surface area contributed by atoms with Gasteiger partial charge in [-0.3, -0.25) is 9.59 Å². The van der Waals surface area contributed by atoms with Crippen LogP contribution in [-0.2, 0) is 19.1 Å². The van der Waals surface area contributed by atoms with Gasteiger partial charge in [-0.25, -0.2) is 0 Å². The van der Waals surface area contributed by atoms with Crippen molar-refractivity contribution in [2.45, 2.75) is 25.3 Å². The molecule has 1 heterocycles. The summed E-state index contributed by atoms with van der Waals surface area (Å²) in [4.78, 5) is 25.3. The maximum absolute atomic E-state index is 12.2. The van der Waals surface area contributed by atoms with Crippen molar-refractivity contribution in [1.29, 1.82) is 0 Å². The zero-order valence-electron chi connectivity index (χ0n) is 11.4. The van der Waals surface area contributed by atoms with Gasteiger partial charge in [-0.2, -0.15) is 0 Å². The van der Waals surface area contributed by atoms with Crippen LogP contribution in [0.2, 0.25) is 0 Å². The van der Waals surface area contributed by atoms with E-state index < -0.39 is 0 Å². The third-order valence-corrected chi connectivity index (χ3v) is 3.46. The van der Waals surface area contributed by atoms with Crippen LogP contribution < -0.4 is 5.32 Å². The minimum absolute atomic E-state index is 0.0441. The molecule has 1 unspecified atom stereocenters. The highest BCUT2D eigenvalue weighted by atomic mass is 16.5. The van der Waals surface area contributed by atoms with Crippen molar-refractivity contribution in [3.8, 4) is 0 Å². The van der Waals surface area contributed by atoms with E-state index in [1.807, 2.05) is 0 Å². The molecular weight excluding hydrogens is 248 g/mol. The van der Waals surface area contributed by atoms with Crippen LogP contribution in [0.1, 0.15) is 19.3 Å². The van der Waals surface area contributed by atoms with Gasteiger partial charge in [-0.1, -0.05) is 0 Å². The number of rotatable bonds is 8. The van der Waals surface area contributed by atoms with Crippen molar-refractivity contribution in [1.82, 2.24) is 10.2 Å². The van der Waals surface area contributed by atoms with E-state index in [0.29, 0.717) is 32.3 Å². The van der Waals surface area contributed by atoms with E-state index in [1.165, 1.54) is 0 Å². The average molecular weight is 270 g/mol. The number of carbonyl (C=O) groups excluding carboxylic acids is 2. The second-order valence-electron chi connectivity index (χ2n) is 5.10. The molecule has 2 fully saturated rings. The molecule has 1 aliphatic carbocycles. The minimum atomic E-state index is -0.297. The number of nitrogens with one attached hydrogen (secondary N) is 1. The summed E-state index contributed by atoms with van der Waals surface area (Å²) in [5.41, 5.74) is 0. The molecule has 2 amide bonds. The molecule has 1 saturated carbocycles. The summed E-state index contributed by atoms with van der Waals surface area (Å²) in [5, 5.41) is 2.79. The third-order valence-electron chi connectivity index (χ3n) is 3.46. The fraction of sp³-hybridized carbons (Fsp3) is 0.846. The van der Waals surface area contributed by atoms with Gasteiger partial charge >= 0.3 is 0 Å². The lowest BCUT2D eigenvalue weighted by Crippen LogP contribution is -2.59. The maximum atomic E-state index is 12.2. The Bertz CT molecular complexity index is 331. The Hall–Kier alpha value is -1.14. The predicted octanol–water partition coefficient (Wildman–Crippen LogP) is -0.223. The molecule has 0 radical (unpaired) electrons. The van der Waals surface area contributed by atoms with Crippen LogP contribution in [-0.4, -0.2) is 62.8 Å². The van der Waals surface area contributed by atoms with Gasteiger partial charge in [0.2, 0.25) is 11.8 Å². The first-order valence-electron chi connectivity index (χ1n) is 6.87. The Kier molecular flexibility index (Phi) is 5.15. The number of ether oxygens (including phenoxy) is 2. The number of hydrogen-bond acceptors (Lipinski definition) is 4. The summed E-state index contributed by atoms with van der Waals surface area (Å²) in [7, 11) is 1.66. The minimum Gasteiger partial charge on any atom is -0.385 e. The summed E-state index contributed by atoms with van der Waals surface area (Å²) in [6, 6.07) is -0.297. The molecule has 0 spiro atoms. The van der Waals surface area contributed by atoms with Gasteiger partial charge < -0.3 is 19.7 Å². The Balaban J connectivity index is 1.69. The number of nitrogens with zero attached hydrogens (tertiary/aromatic N) is 1. The van der Waals surface area contributed by atoms with Gasteiger partial charge in [0.05, 0.1) is 13.2 Å². The highest BCUT2D eigenvalue weighted by Crippen LogP contribution is 2.34. The van der Waals surface area contributed by atoms with Crippen molar-refractivity contribution >= 4 is 11.8 Å². The molecule has 19 heavy (non-hydrogen) atoms. The van der Waals surface area contributed by atoms with Gasteiger partial charge in [0.15, 0.2) is 0 Å². The van der Waals surface area contributed by atoms with E-state index in [1.54, 1.807) is 12.0 Å². The van der Waals surface area contributed by atoms with Crippen molar-refractivity contribution < 1.29 is 19.1 Å². The first-order chi connectivity index (χ1) is 9.22. The average Bonchev–Trinajstić information content (AvgIpc) is 3.21. The number of methoxy groups -OCH3 is 1. The zero-order chi connectivity index (χ0) is 13.7. The molecule has 1 saturated heterocycles. The predicted molar refractivity (Wildman–Crippen MR) is 68.5 cm³/mol. The van der Waals surface area contributed by atoms with E-state index in [2.05, 4.69) is 5.32 Å². The molecular formula is C13H22N2O4. The van der Waals surface area contributed by atoms with Gasteiger partial charge in [-0.15, -0.1) is 0 Å². The van der Waals surface area contributed by atoms with E-state index >= 15 is 0 Å². The maximum Gasteiger partial charge on any atom is 0.245 e. The van der Waals surface area contributed by atoms with Crippen LogP contribution in [0.15, 0.2) is 0 Å². The second-order valence-corrected chi connectivity index (χ2v) is 5.10. The van der Waals surface area contributed by atoms with Crippen molar-refractivity contribution in [3.05, 3.63) is 0 Å². The SMILES string of the molecule is COCCCOCCN1CC(=O)NC(C2CC2)C1=O. The highest BCUT2D eigenvalue weighted by molar-refractivity contribution is 5.95. The van der Waals surface area contributed by atoms with Gasteiger partial charge in [-0.05, 0) is 25.2 Å². The standard InChI is InChI=1S/C13H22N2O4/c1-18-6-2-7-19-8-5-15-9-11(16)14-12(13(15)17)10-3-4-10/h10,12H,2-9H2,1H3,(H,14,16). The molecule has 6 heteroatoms.